The molecule has 1 aliphatic heterocycles. The van der Waals surface area contributed by atoms with E-state index in [1.807, 2.05) is 0 Å². The lowest BCUT2D eigenvalue weighted by molar-refractivity contribution is 0.103. The lowest BCUT2D eigenvalue weighted by atomic mass is 9.92. The predicted molar refractivity (Wildman–Crippen MR) is 75.9 cm³/mol. The zero-order valence-electron chi connectivity index (χ0n) is 11.9. The second-order valence-corrected chi connectivity index (χ2v) is 5.61. The normalized spacial score (nSPS) is 18.9. The molecule has 0 aliphatic carbocycles. The molecule has 0 radical (unpaired) electrons. The molecule has 2 heteroatoms. The van der Waals surface area contributed by atoms with Crippen molar-refractivity contribution in [2.45, 2.75) is 46.1 Å². The average Bonchev–Trinajstić information content (AvgIpc) is 2.34. The number of likely N-dealkylation sites (tertiary alicyclic amines) is 1. The molecule has 0 spiro atoms. The Morgan fingerprint density at radius 1 is 1.06 bits per heavy atom. The molecule has 1 aromatic rings. The Kier molecular flexibility index (Phi) is 4.41. The van der Waals surface area contributed by atoms with Crippen LogP contribution in [-0.4, -0.2) is 29.7 Å². The van der Waals surface area contributed by atoms with Crippen LogP contribution in [0.5, 0.6) is 0 Å². The van der Waals surface area contributed by atoms with E-state index in [0.29, 0.717) is 0 Å². The first kappa shape index (κ1) is 13.6. The summed E-state index contributed by atoms with van der Waals surface area (Å²) in [5.74, 6) is 0. The molecule has 0 aromatic heterocycles. The topological polar surface area (TPSA) is 23.5 Å². The minimum absolute atomic E-state index is 0.186. The third-order valence-electron chi connectivity index (χ3n) is 4.08. The summed E-state index contributed by atoms with van der Waals surface area (Å²) in [7, 11) is 0. The molecule has 1 aromatic carbocycles. The van der Waals surface area contributed by atoms with Crippen molar-refractivity contribution in [2.24, 2.45) is 0 Å². The van der Waals surface area contributed by atoms with Crippen molar-refractivity contribution in [3.63, 3.8) is 0 Å². The highest BCUT2D eigenvalue weighted by molar-refractivity contribution is 5.39. The summed E-state index contributed by atoms with van der Waals surface area (Å²) >= 11 is 0. The maximum atomic E-state index is 9.81. The molecule has 0 bridgehead atoms. The lowest BCUT2D eigenvalue weighted by Gasteiger charge is -2.35. The number of benzene rings is 1. The largest absolute Gasteiger partial charge is 0.394 e. The van der Waals surface area contributed by atoms with Crippen LogP contribution < -0.4 is 0 Å². The molecule has 1 aliphatic rings. The number of aliphatic hydroxyl groups is 1. The molecule has 1 N–H and O–H groups in total. The molecule has 2 rings (SSSR count). The number of piperidine rings is 1. The predicted octanol–water partition coefficient (Wildman–Crippen LogP) is 3.13. The molecule has 2 nitrogen and oxygen atoms in total. The van der Waals surface area contributed by atoms with Gasteiger partial charge in [0, 0.05) is 0 Å². The maximum absolute atomic E-state index is 9.81. The van der Waals surface area contributed by atoms with E-state index in [1.165, 1.54) is 41.5 Å². The van der Waals surface area contributed by atoms with Gasteiger partial charge in [-0.15, -0.1) is 0 Å². The second kappa shape index (κ2) is 5.85. The van der Waals surface area contributed by atoms with Crippen molar-refractivity contribution >= 4 is 0 Å². The highest BCUT2D eigenvalue weighted by Gasteiger charge is 2.24. The summed E-state index contributed by atoms with van der Waals surface area (Å²) in [5, 5.41) is 9.81. The van der Waals surface area contributed by atoms with Crippen LogP contribution in [0.1, 0.15) is 47.6 Å². The Labute approximate surface area is 111 Å². The van der Waals surface area contributed by atoms with E-state index in [9.17, 15) is 5.11 Å². The average molecular weight is 247 g/mol. The molecule has 1 unspecified atom stereocenters. The second-order valence-electron chi connectivity index (χ2n) is 5.61. The fraction of sp³-hybridized carbons (Fsp3) is 0.625. The van der Waals surface area contributed by atoms with Crippen LogP contribution >= 0.6 is 0 Å². The van der Waals surface area contributed by atoms with Gasteiger partial charge in [-0.05, 0) is 63.4 Å². The fourth-order valence-electron chi connectivity index (χ4n) is 3.34. The van der Waals surface area contributed by atoms with Gasteiger partial charge in [0.2, 0.25) is 0 Å². The molecule has 18 heavy (non-hydrogen) atoms. The van der Waals surface area contributed by atoms with Crippen molar-refractivity contribution in [2.75, 3.05) is 19.7 Å². The minimum atomic E-state index is 0.186. The van der Waals surface area contributed by atoms with E-state index in [2.05, 4.69) is 37.8 Å². The van der Waals surface area contributed by atoms with Crippen molar-refractivity contribution in [1.29, 1.82) is 0 Å². The summed E-state index contributed by atoms with van der Waals surface area (Å²) in [5.41, 5.74) is 5.28. The minimum Gasteiger partial charge on any atom is -0.394 e. The summed E-state index contributed by atoms with van der Waals surface area (Å²) in [4.78, 5) is 2.45. The summed E-state index contributed by atoms with van der Waals surface area (Å²) in [6, 6.07) is 4.65. The number of aliphatic hydroxyl groups excluding tert-OH is 1. The number of rotatable bonds is 3. The van der Waals surface area contributed by atoms with Gasteiger partial charge in [0.05, 0.1) is 12.6 Å². The van der Waals surface area contributed by atoms with Gasteiger partial charge in [0.15, 0.2) is 0 Å². The highest BCUT2D eigenvalue weighted by Crippen LogP contribution is 2.29. The van der Waals surface area contributed by atoms with Gasteiger partial charge in [-0.3, -0.25) is 4.90 Å². The molecule has 1 fully saturated rings. The van der Waals surface area contributed by atoms with Gasteiger partial charge >= 0.3 is 0 Å². The summed E-state index contributed by atoms with van der Waals surface area (Å²) in [6.07, 6.45) is 3.86. The zero-order chi connectivity index (χ0) is 13.1. The van der Waals surface area contributed by atoms with Crippen LogP contribution in [0, 0.1) is 20.8 Å². The number of aryl methyl sites for hydroxylation is 3. The van der Waals surface area contributed by atoms with E-state index in [-0.39, 0.29) is 12.6 Å². The Morgan fingerprint density at radius 2 is 1.61 bits per heavy atom. The van der Waals surface area contributed by atoms with Crippen molar-refractivity contribution in [3.05, 3.63) is 34.4 Å². The van der Waals surface area contributed by atoms with Gasteiger partial charge in [-0.2, -0.15) is 0 Å². The fourth-order valence-corrected chi connectivity index (χ4v) is 3.34. The standard InChI is InChI=1S/C16H25NO/c1-12-9-13(2)16(14(3)10-12)15(11-18)17-7-5-4-6-8-17/h9-10,15,18H,4-8,11H2,1-3H3. The zero-order valence-corrected chi connectivity index (χ0v) is 11.9. The molecule has 1 heterocycles. The molecule has 100 valence electrons. The van der Waals surface area contributed by atoms with Gasteiger partial charge < -0.3 is 5.11 Å². The highest BCUT2D eigenvalue weighted by atomic mass is 16.3. The van der Waals surface area contributed by atoms with Crippen LogP contribution in [0.4, 0.5) is 0 Å². The molecular formula is C16H25NO. The lowest BCUT2D eigenvalue weighted by Crippen LogP contribution is -2.36. The monoisotopic (exact) mass is 247 g/mol. The smallest absolute Gasteiger partial charge is 0.0628 e. The van der Waals surface area contributed by atoms with Crippen LogP contribution in [0.15, 0.2) is 12.1 Å². The van der Waals surface area contributed by atoms with Gasteiger partial charge in [0.1, 0.15) is 0 Å². The summed E-state index contributed by atoms with van der Waals surface area (Å²) in [6.45, 7) is 8.95. The molecular weight excluding hydrogens is 222 g/mol. The third-order valence-corrected chi connectivity index (χ3v) is 4.08. The van der Waals surface area contributed by atoms with Crippen molar-refractivity contribution in [1.82, 2.24) is 4.90 Å². The van der Waals surface area contributed by atoms with E-state index in [4.69, 9.17) is 0 Å². The number of hydrogen-bond acceptors (Lipinski definition) is 2. The molecule has 0 amide bonds. The number of nitrogens with zero attached hydrogens (tertiary/aromatic N) is 1. The number of hydrogen-bond donors (Lipinski definition) is 1. The molecule has 1 saturated heterocycles. The first-order valence-corrected chi connectivity index (χ1v) is 7.06. The van der Waals surface area contributed by atoms with Crippen LogP contribution in [0.3, 0.4) is 0 Å². The quantitative estimate of drug-likeness (QED) is 0.887. The Balaban J connectivity index is 2.32. The first-order chi connectivity index (χ1) is 8.63. The maximum Gasteiger partial charge on any atom is 0.0628 e. The van der Waals surface area contributed by atoms with E-state index < -0.39 is 0 Å². The van der Waals surface area contributed by atoms with Gasteiger partial charge in [0.25, 0.3) is 0 Å². The Morgan fingerprint density at radius 3 is 2.11 bits per heavy atom. The molecule has 0 saturated carbocycles. The van der Waals surface area contributed by atoms with E-state index in [1.54, 1.807) is 0 Å². The Hall–Kier alpha value is -0.860. The van der Waals surface area contributed by atoms with Crippen LogP contribution in [0.25, 0.3) is 0 Å². The SMILES string of the molecule is Cc1cc(C)c(C(CO)N2CCCCC2)c(C)c1. The van der Waals surface area contributed by atoms with Gasteiger partial charge in [-0.1, -0.05) is 24.1 Å². The van der Waals surface area contributed by atoms with E-state index in [0.717, 1.165) is 13.1 Å². The van der Waals surface area contributed by atoms with Crippen molar-refractivity contribution < 1.29 is 5.11 Å². The van der Waals surface area contributed by atoms with E-state index >= 15 is 0 Å². The third kappa shape index (κ3) is 2.76. The molecule has 1 atom stereocenters. The van der Waals surface area contributed by atoms with Crippen LogP contribution in [0.2, 0.25) is 0 Å². The first-order valence-electron chi connectivity index (χ1n) is 7.06. The van der Waals surface area contributed by atoms with Crippen molar-refractivity contribution in [3.8, 4) is 0 Å². The summed E-state index contributed by atoms with van der Waals surface area (Å²) < 4.78 is 0. The van der Waals surface area contributed by atoms with Gasteiger partial charge in [-0.25, -0.2) is 0 Å². The Bertz CT molecular complexity index is 385. The van der Waals surface area contributed by atoms with Crippen LogP contribution in [-0.2, 0) is 0 Å².